The summed E-state index contributed by atoms with van der Waals surface area (Å²) in [6.45, 7) is 0.299. The Bertz CT molecular complexity index is 729. The molecule has 1 amide bonds. The fourth-order valence-electron chi connectivity index (χ4n) is 1.90. The van der Waals surface area contributed by atoms with Crippen molar-refractivity contribution < 1.29 is 13.6 Å². The summed E-state index contributed by atoms with van der Waals surface area (Å²) in [6.07, 6.45) is 1.46. The Kier molecular flexibility index (Phi) is 3.79. The van der Waals surface area contributed by atoms with Crippen LogP contribution in [0.15, 0.2) is 63.6 Å². The van der Waals surface area contributed by atoms with Gasteiger partial charge in [0.1, 0.15) is 11.5 Å². The van der Waals surface area contributed by atoms with Crippen LogP contribution in [-0.2, 0) is 6.54 Å². The summed E-state index contributed by atoms with van der Waals surface area (Å²) >= 11 is 5.85. The van der Waals surface area contributed by atoms with Crippen LogP contribution >= 0.6 is 11.6 Å². The van der Waals surface area contributed by atoms with Gasteiger partial charge in [-0.25, -0.2) is 0 Å². The van der Waals surface area contributed by atoms with Crippen molar-refractivity contribution in [1.82, 2.24) is 5.32 Å². The van der Waals surface area contributed by atoms with Crippen molar-refractivity contribution in [3.8, 4) is 11.3 Å². The van der Waals surface area contributed by atoms with Gasteiger partial charge in [-0.05, 0) is 48.5 Å². The van der Waals surface area contributed by atoms with Crippen LogP contribution < -0.4 is 5.32 Å². The molecule has 0 aliphatic carbocycles. The summed E-state index contributed by atoms with van der Waals surface area (Å²) in [7, 11) is 0. The Morgan fingerprint density at radius 3 is 2.62 bits per heavy atom. The van der Waals surface area contributed by atoms with Crippen LogP contribution in [0.3, 0.4) is 0 Å². The van der Waals surface area contributed by atoms with Gasteiger partial charge in [0.25, 0.3) is 5.91 Å². The smallest absolute Gasteiger partial charge is 0.287 e. The van der Waals surface area contributed by atoms with Crippen LogP contribution in [0.2, 0.25) is 5.02 Å². The highest BCUT2D eigenvalue weighted by Crippen LogP contribution is 2.23. The van der Waals surface area contributed by atoms with Gasteiger partial charge in [-0.15, -0.1) is 0 Å². The van der Waals surface area contributed by atoms with E-state index in [0.717, 1.165) is 11.3 Å². The quantitative estimate of drug-likeness (QED) is 0.788. The number of amides is 1. The number of furan rings is 2. The van der Waals surface area contributed by atoms with Crippen molar-refractivity contribution in [2.24, 2.45) is 0 Å². The van der Waals surface area contributed by atoms with Gasteiger partial charge in [0.05, 0.1) is 12.8 Å². The lowest BCUT2D eigenvalue weighted by molar-refractivity contribution is 0.0920. The summed E-state index contributed by atoms with van der Waals surface area (Å²) in [6, 6.07) is 14.3. The summed E-state index contributed by atoms with van der Waals surface area (Å²) in [5, 5.41) is 3.40. The molecule has 0 aliphatic rings. The summed E-state index contributed by atoms with van der Waals surface area (Å²) < 4.78 is 10.7. The van der Waals surface area contributed by atoms with Crippen molar-refractivity contribution >= 4 is 17.5 Å². The standard InChI is InChI=1S/C16H12ClNO3/c17-12-5-3-11(4-6-12)14-8-7-13(21-14)10-18-16(19)15-2-1-9-20-15/h1-9H,10H2,(H,18,19). The number of carbonyl (C=O) groups is 1. The minimum absolute atomic E-state index is 0.274. The first-order valence-corrected chi connectivity index (χ1v) is 6.76. The van der Waals surface area contributed by atoms with Crippen molar-refractivity contribution in [3.63, 3.8) is 0 Å². The highest BCUT2D eigenvalue weighted by atomic mass is 35.5. The Labute approximate surface area is 126 Å². The molecule has 2 heterocycles. The van der Waals surface area contributed by atoms with Crippen LogP contribution in [0.1, 0.15) is 16.3 Å². The van der Waals surface area contributed by atoms with Crippen LogP contribution in [0, 0.1) is 0 Å². The first-order valence-electron chi connectivity index (χ1n) is 6.39. The minimum Gasteiger partial charge on any atom is -0.459 e. The Morgan fingerprint density at radius 1 is 1.10 bits per heavy atom. The maximum atomic E-state index is 11.7. The number of halogens is 1. The Morgan fingerprint density at radius 2 is 1.90 bits per heavy atom. The highest BCUT2D eigenvalue weighted by molar-refractivity contribution is 6.30. The maximum Gasteiger partial charge on any atom is 0.287 e. The van der Waals surface area contributed by atoms with Gasteiger partial charge in [-0.2, -0.15) is 0 Å². The van der Waals surface area contributed by atoms with E-state index in [9.17, 15) is 4.79 Å². The average molecular weight is 302 g/mol. The van der Waals surface area contributed by atoms with Crippen LogP contribution in [0.5, 0.6) is 0 Å². The molecule has 5 heteroatoms. The third kappa shape index (κ3) is 3.17. The zero-order chi connectivity index (χ0) is 14.7. The second kappa shape index (κ2) is 5.89. The highest BCUT2D eigenvalue weighted by Gasteiger charge is 2.10. The summed E-state index contributed by atoms with van der Waals surface area (Å²) in [5.74, 6) is 1.40. The fourth-order valence-corrected chi connectivity index (χ4v) is 2.03. The van der Waals surface area contributed by atoms with E-state index in [1.54, 1.807) is 24.3 Å². The molecule has 3 rings (SSSR count). The van der Waals surface area contributed by atoms with Gasteiger partial charge in [0, 0.05) is 10.6 Å². The Balaban J connectivity index is 1.65. The molecule has 0 bridgehead atoms. The summed E-state index contributed by atoms with van der Waals surface area (Å²) in [4.78, 5) is 11.7. The van der Waals surface area contributed by atoms with E-state index < -0.39 is 0 Å². The van der Waals surface area contributed by atoms with E-state index in [-0.39, 0.29) is 11.7 Å². The van der Waals surface area contributed by atoms with E-state index in [1.165, 1.54) is 6.26 Å². The van der Waals surface area contributed by atoms with Crippen molar-refractivity contribution in [3.05, 3.63) is 71.3 Å². The zero-order valence-electron chi connectivity index (χ0n) is 11.0. The maximum absolute atomic E-state index is 11.7. The van der Waals surface area contributed by atoms with E-state index in [1.807, 2.05) is 24.3 Å². The van der Waals surface area contributed by atoms with Gasteiger partial charge >= 0.3 is 0 Å². The molecule has 0 spiro atoms. The molecular formula is C16H12ClNO3. The molecule has 3 aromatic rings. The monoisotopic (exact) mass is 301 g/mol. The van der Waals surface area contributed by atoms with E-state index in [2.05, 4.69) is 5.32 Å². The third-order valence-corrected chi connectivity index (χ3v) is 3.21. The number of carbonyl (C=O) groups excluding carboxylic acids is 1. The molecule has 0 atom stereocenters. The van der Waals surface area contributed by atoms with Crippen molar-refractivity contribution in [2.75, 3.05) is 0 Å². The largest absolute Gasteiger partial charge is 0.459 e. The van der Waals surface area contributed by atoms with Crippen molar-refractivity contribution in [1.29, 1.82) is 0 Å². The first-order chi connectivity index (χ1) is 10.2. The molecule has 21 heavy (non-hydrogen) atoms. The van der Waals surface area contributed by atoms with E-state index in [0.29, 0.717) is 17.3 Å². The first kappa shape index (κ1) is 13.5. The second-order valence-electron chi connectivity index (χ2n) is 4.43. The lowest BCUT2D eigenvalue weighted by Gasteiger charge is -2.01. The number of nitrogens with one attached hydrogen (secondary N) is 1. The second-order valence-corrected chi connectivity index (χ2v) is 4.87. The number of hydrogen-bond acceptors (Lipinski definition) is 3. The van der Waals surface area contributed by atoms with Crippen LogP contribution in [0.25, 0.3) is 11.3 Å². The topological polar surface area (TPSA) is 55.4 Å². The lowest BCUT2D eigenvalue weighted by atomic mass is 10.2. The molecule has 4 nitrogen and oxygen atoms in total. The van der Waals surface area contributed by atoms with Gasteiger partial charge in [-0.3, -0.25) is 4.79 Å². The molecule has 0 saturated carbocycles. The van der Waals surface area contributed by atoms with Gasteiger partial charge in [-0.1, -0.05) is 11.6 Å². The normalized spacial score (nSPS) is 10.5. The van der Waals surface area contributed by atoms with Crippen LogP contribution in [0.4, 0.5) is 0 Å². The zero-order valence-corrected chi connectivity index (χ0v) is 11.8. The average Bonchev–Trinajstić information content (AvgIpc) is 3.17. The molecule has 0 radical (unpaired) electrons. The van der Waals surface area contributed by atoms with Gasteiger partial charge in [0.2, 0.25) is 0 Å². The van der Waals surface area contributed by atoms with Gasteiger partial charge in [0.15, 0.2) is 5.76 Å². The Hall–Kier alpha value is -2.46. The predicted molar refractivity (Wildman–Crippen MR) is 79.0 cm³/mol. The molecule has 1 aromatic carbocycles. The van der Waals surface area contributed by atoms with E-state index in [4.69, 9.17) is 20.4 Å². The molecule has 0 saturated heterocycles. The van der Waals surface area contributed by atoms with Crippen LogP contribution in [-0.4, -0.2) is 5.91 Å². The lowest BCUT2D eigenvalue weighted by Crippen LogP contribution is -2.21. The minimum atomic E-state index is -0.274. The third-order valence-electron chi connectivity index (χ3n) is 2.96. The number of hydrogen-bond donors (Lipinski definition) is 1. The molecule has 1 N–H and O–H groups in total. The van der Waals surface area contributed by atoms with Gasteiger partial charge < -0.3 is 14.2 Å². The predicted octanol–water partition coefficient (Wildman–Crippen LogP) is 4.12. The summed E-state index contributed by atoms with van der Waals surface area (Å²) in [5.41, 5.74) is 0.933. The SMILES string of the molecule is O=C(NCc1ccc(-c2ccc(Cl)cc2)o1)c1ccco1. The number of rotatable bonds is 4. The molecule has 106 valence electrons. The molecule has 0 fully saturated rings. The fraction of sp³-hybridized carbons (Fsp3) is 0.0625. The molecular weight excluding hydrogens is 290 g/mol. The van der Waals surface area contributed by atoms with Crippen molar-refractivity contribution in [2.45, 2.75) is 6.54 Å². The number of benzene rings is 1. The molecule has 2 aromatic heterocycles. The molecule has 0 aliphatic heterocycles. The van der Waals surface area contributed by atoms with E-state index >= 15 is 0 Å². The molecule has 0 unspecified atom stereocenters.